The van der Waals surface area contributed by atoms with Gasteiger partial charge in [-0.3, -0.25) is 0 Å². The fourth-order valence-electron chi connectivity index (χ4n) is 8.75. The second-order valence-corrected chi connectivity index (χ2v) is 19.4. The van der Waals surface area contributed by atoms with E-state index in [9.17, 15) is 18.3 Å². The van der Waals surface area contributed by atoms with Crippen molar-refractivity contribution in [2.24, 2.45) is 29.6 Å². The van der Waals surface area contributed by atoms with Crippen LogP contribution < -0.4 is 0 Å². The van der Waals surface area contributed by atoms with E-state index in [2.05, 4.69) is 91.8 Å². The van der Waals surface area contributed by atoms with Crippen molar-refractivity contribution in [2.75, 3.05) is 14.2 Å². The number of benzene rings is 2. The van der Waals surface area contributed by atoms with E-state index >= 15 is 0 Å². The van der Waals surface area contributed by atoms with Gasteiger partial charge in [-0.05, 0) is 110 Å². The lowest BCUT2D eigenvalue weighted by Crippen LogP contribution is -2.40. The van der Waals surface area contributed by atoms with E-state index in [1.165, 1.54) is 35.1 Å². The average molecular weight is 789 g/mol. The van der Waals surface area contributed by atoms with Gasteiger partial charge in [-0.1, -0.05) is 124 Å². The monoisotopic (exact) mass is 789 g/mol. The van der Waals surface area contributed by atoms with Gasteiger partial charge in [0.05, 0.1) is 16.8 Å². The molecular weight excluding hydrogens is 706 g/mol. The van der Waals surface area contributed by atoms with Gasteiger partial charge in [0.25, 0.3) is 0 Å². The molecule has 2 saturated carbocycles. The summed E-state index contributed by atoms with van der Waals surface area (Å²) in [7, 11) is 3.50. The van der Waals surface area contributed by atoms with Crippen LogP contribution in [-0.2, 0) is 35.2 Å². The Labute approximate surface area is 342 Å². The Morgan fingerprint density at radius 3 is 1.41 bits per heavy atom. The van der Waals surface area contributed by atoms with Gasteiger partial charge in [0, 0.05) is 52.7 Å². The molecule has 0 spiro atoms. The van der Waals surface area contributed by atoms with Crippen molar-refractivity contribution in [3.63, 3.8) is 0 Å². The Balaban J connectivity index is 0.000000257. The molecule has 2 fully saturated rings. The maximum Gasteiger partial charge on any atom is 0.248 e. The van der Waals surface area contributed by atoms with Crippen LogP contribution in [0.2, 0.25) is 0 Å². The molecule has 0 bridgehead atoms. The molecule has 0 amide bonds. The molecule has 0 unspecified atom stereocenters. The molecule has 2 aromatic rings. The Kier molecular flexibility index (Phi) is 19.7. The van der Waals surface area contributed by atoms with Crippen molar-refractivity contribution < 1.29 is 27.8 Å². The molecule has 0 atom stereocenters. The molecular formula is C50H83F3O3. The van der Waals surface area contributed by atoms with Crippen LogP contribution in [0.1, 0.15) is 169 Å². The quantitative estimate of drug-likeness (QED) is 0.261. The number of alkyl halides is 3. The van der Waals surface area contributed by atoms with Crippen LogP contribution in [0.25, 0.3) is 0 Å². The first-order chi connectivity index (χ1) is 25.7. The van der Waals surface area contributed by atoms with Gasteiger partial charge in [0.15, 0.2) is 0 Å². The highest BCUT2D eigenvalue weighted by Gasteiger charge is 2.43. The Morgan fingerprint density at radius 1 is 0.625 bits per heavy atom. The molecule has 6 rings (SSSR count). The largest absolute Gasteiger partial charge is 0.389 e. The summed E-state index contributed by atoms with van der Waals surface area (Å²) in [4.78, 5) is 0. The summed E-state index contributed by atoms with van der Waals surface area (Å²) in [5.41, 5.74) is 3.98. The third-order valence-corrected chi connectivity index (χ3v) is 13.5. The molecule has 0 saturated heterocycles. The van der Waals surface area contributed by atoms with Gasteiger partial charge >= 0.3 is 0 Å². The smallest absolute Gasteiger partial charge is 0.248 e. The molecule has 6 heteroatoms. The summed E-state index contributed by atoms with van der Waals surface area (Å²) >= 11 is 0. The number of ether oxygens (including phenoxy) is 2. The standard InChI is InChI=1S/C13H18O.C12H22F2O.C12H23F.C12H16O.CH4/c1-10(2)13(14-3)8-11-6-4-5-7-12(11)9-13;1-10(2)4-5-11(15-3)6-8-12(13,14)9-7-11;1-10(2)4-5-11-6-8-12(3,13)9-7-11;1-9(2)12(13)7-10-5-3-4-6-11(10)8-12;/h4-7,10H,8-9H2,1-3H3;10H,4-9H2,1-3H3;10-11H,4-9H2,1-3H3;3-6,9,13H,7-8H2,1-2H3;1H4. The van der Waals surface area contributed by atoms with E-state index in [1.807, 2.05) is 19.2 Å². The molecule has 0 aromatic heterocycles. The van der Waals surface area contributed by atoms with Gasteiger partial charge in [0.1, 0.15) is 5.67 Å². The maximum absolute atomic E-state index is 13.4. The lowest BCUT2D eigenvalue weighted by molar-refractivity contribution is -0.123. The predicted octanol–water partition coefficient (Wildman–Crippen LogP) is 14.0. The third-order valence-electron chi connectivity index (χ3n) is 13.5. The molecule has 56 heavy (non-hydrogen) atoms. The van der Waals surface area contributed by atoms with Crippen molar-refractivity contribution in [1.29, 1.82) is 0 Å². The first-order valence-electron chi connectivity index (χ1n) is 21.7. The first kappa shape index (κ1) is 50.3. The third kappa shape index (κ3) is 15.0. The predicted molar refractivity (Wildman–Crippen MR) is 232 cm³/mol. The topological polar surface area (TPSA) is 38.7 Å². The Hall–Kier alpha value is -1.89. The molecule has 322 valence electrons. The number of aliphatic hydroxyl groups is 1. The van der Waals surface area contributed by atoms with Crippen LogP contribution in [0.4, 0.5) is 13.2 Å². The molecule has 4 aliphatic rings. The zero-order valence-electron chi connectivity index (χ0n) is 36.7. The van der Waals surface area contributed by atoms with Gasteiger partial charge in [0.2, 0.25) is 5.92 Å². The number of fused-ring (bicyclic) bond motifs is 2. The molecule has 0 radical (unpaired) electrons. The van der Waals surface area contributed by atoms with Crippen molar-refractivity contribution in [2.45, 2.75) is 201 Å². The van der Waals surface area contributed by atoms with E-state index in [0.717, 1.165) is 76.0 Å². The molecule has 0 aliphatic heterocycles. The van der Waals surface area contributed by atoms with Crippen molar-refractivity contribution in [3.8, 4) is 0 Å². The summed E-state index contributed by atoms with van der Waals surface area (Å²) in [6.45, 7) is 19.3. The van der Waals surface area contributed by atoms with Crippen LogP contribution in [-0.4, -0.2) is 47.7 Å². The summed E-state index contributed by atoms with van der Waals surface area (Å²) in [6, 6.07) is 17.0. The summed E-state index contributed by atoms with van der Waals surface area (Å²) in [5.74, 6) is 0.670. The zero-order chi connectivity index (χ0) is 41.1. The Bertz CT molecular complexity index is 1340. The minimum absolute atomic E-state index is 0. The number of halogens is 3. The van der Waals surface area contributed by atoms with Crippen molar-refractivity contribution in [3.05, 3.63) is 70.8 Å². The van der Waals surface area contributed by atoms with Crippen LogP contribution in [0.3, 0.4) is 0 Å². The molecule has 1 N–H and O–H groups in total. The number of hydrogen-bond donors (Lipinski definition) is 1. The van der Waals surface area contributed by atoms with E-state index in [-0.39, 0.29) is 31.5 Å². The maximum atomic E-state index is 13.4. The highest BCUT2D eigenvalue weighted by Crippen LogP contribution is 2.43. The Morgan fingerprint density at radius 2 is 1.05 bits per heavy atom. The van der Waals surface area contributed by atoms with Gasteiger partial charge < -0.3 is 14.6 Å². The molecule has 2 aromatic carbocycles. The van der Waals surface area contributed by atoms with E-state index in [0.29, 0.717) is 30.6 Å². The fourth-order valence-corrected chi connectivity index (χ4v) is 8.75. The molecule has 4 aliphatic carbocycles. The second-order valence-electron chi connectivity index (χ2n) is 19.4. The van der Waals surface area contributed by atoms with Gasteiger partial charge in [-0.25, -0.2) is 13.2 Å². The van der Waals surface area contributed by atoms with Crippen LogP contribution >= 0.6 is 0 Å². The van der Waals surface area contributed by atoms with Crippen LogP contribution in [0, 0.1) is 29.6 Å². The van der Waals surface area contributed by atoms with Crippen LogP contribution in [0.15, 0.2) is 48.5 Å². The number of methoxy groups -OCH3 is 2. The highest BCUT2D eigenvalue weighted by atomic mass is 19.3. The van der Waals surface area contributed by atoms with E-state index in [1.54, 1.807) is 14.0 Å². The van der Waals surface area contributed by atoms with Crippen molar-refractivity contribution >= 4 is 0 Å². The summed E-state index contributed by atoms with van der Waals surface area (Å²) in [6.07, 6.45) is 13.1. The SMILES string of the molecule is C.CC(C)C1(O)Cc2ccccc2C1.CC(C)CCC1CCC(C)(F)CC1.COC1(C(C)C)Cc2ccccc2C1.COC1(CCC(C)C)CCC(F)(F)CC1. The fraction of sp³-hybridized carbons (Fsp3) is 0.760. The average Bonchev–Trinajstić information content (AvgIpc) is 3.71. The van der Waals surface area contributed by atoms with Gasteiger partial charge in [-0.2, -0.15) is 0 Å². The highest BCUT2D eigenvalue weighted by molar-refractivity contribution is 5.36. The summed E-state index contributed by atoms with van der Waals surface area (Å²) in [5, 5.41) is 10.3. The summed E-state index contributed by atoms with van der Waals surface area (Å²) < 4.78 is 50.7. The minimum Gasteiger partial charge on any atom is -0.389 e. The lowest BCUT2D eigenvalue weighted by atomic mass is 9.78. The number of hydrogen-bond acceptors (Lipinski definition) is 3. The van der Waals surface area contributed by atoms with Crippen molar-refractivity contribution in [1.82, 2.24) is 0 Å². The zero-order valence-corrected chi connectivity index (χ0v) is 36.7. The number of rotatable bonds is 10. The molecule has 0 heterocycles. The lowest BCUT2D eigenvalue weighted by Gasteiger charge is -2.39. The molecule has 3 nitrogen and oxygen atoms in total. The minimum atomic E-state index is -2.46. The van der Waals surface area contributed by atoms with Gasteiger partial charge in [-0.15, -0.1) is 0 Å². The normalized spacial score (nSPS) is 23.8. The first-order valence-corrected chi connectivity index (χ1v) is 21.7. The van der Waals surface area contributed by atoms with E-state index in [4.69, 9.17) is 9.47 Å². The van der Waals surface area contributed by atoms with Crippen LogP contribution in [0.5, 0.6) is 0 Å². The second kappa shape index (κ2) is 21.9. The van der Waals surface area contributed by atoms with E-state index < -0.39 is 17.2 Å².